The van der Waals surface area contributed by atoms with Crippen molar-refractivity contribution in [3.8, 4) is 11.4 Å². The van der Waals surface area contributed by atoms with Crippen LogP contribution in [0.4, 0.5) is 0 Å². The van der Waals surface area contributed by atoms with E-state index in [0.29, 0.717) is 76.4 Å². The van der Waals surface area contributed by atoms with Crippen molar-refractivity contribution in [1.29, 1.82) is 0 Å². The van der Waals surface area contributed by atoms with Crippen LogP contribution in [-0.4, -0.2) is 109 Å². The third-order valence-electron chi connectivity index (χ3n) is 7.94. The predicted molar refractivity (Wildman–Crippen MR) is 192 cm³/mol. The van der Waals surface area contributed by atoms with Crippen LogP contribution in [0.1, 0.15) is 30.8 Å². The minimum Gasteiger partial charge on any atom is -0.494 e. The molecule has 256 valence electrons. The van der Waals surface area contributed by atoms with Crippen molar-refractivity contribution in [3.05, 3.63) is 98.5 Å². The first-order valence-electron chi connectivity index (χ1n) is 15.9. The lowest BCUT2D eigenvalue weighted by Crippen LogP contribution is -2.44. The van der Waals surface area contributed by atoms with E-state index in [9.17, 15) is 14.4 Å². The molecule has 0 fully saturated rings. The van der Waals surface area contributed by atoms with E-state index in [2.05, 4.69) is 0 Å². The Bertz CT molecular complexity index is 1780. The minimum atomic E-state index is -0.682. The fraction of sp³-hybridized carbons (Fsp3) is 0.389. The summed E-state index contributed by atoms with van der Waals surface area (Å²) in [6.45, 7) is 3.88. The van der Waals surface area contributed by atoms with Crippen molar-refractivity contribution < 1.29 is 14.3 Å². The first kappa shape index (κ1) is 36.9. The zero-order valence-corrected chi connectivity index (χ0v) is 30.0. The van der Waals surface area contributed by atoms with Gasteiger partial charge in [0, 0.05) is 26.7 Å². The Morgan fingerprint density at radius 1 is 0.854 bits per heavy atom. The molecule has 1 aromatic heterocycles. The van der Waals surface area contributed by atoms with Crippen molar-refractivity contribution in [2.24, 2.45) is 0 Å². The number of amides is 2. The molecule has 0 aliphatic heterocycles. The average Bonchev–Trinajstić information content (AvgIpc) is 3.04. The van der Waals surface area contributed by atoms with E-state index in [0.717, 1.165) is 0 Å². The summed E-state index contributed by atoms with van der Waals surface area (Å²) in [7, 11) is 9.31. The van der Waals surface area contributed by atoms with E-state index in [-0.39, 0.29) is 30.3 Å². The average molecular weight is 696 g/mol. The molecule has 48 heavy (non-hydrogen) atoms. The predicted octanol–water partition coefficient (Wildman–Crippen LogP) is 5.18. The summed E-state index contributed by atoms with van der Waals surface area (Å²) in [5.74, 6) is 0.836. The maximum atomic E-state index is 14.4. The van der Waals surface area contributed by atoms with Crippen LogP contribution in [0.25, 0.3) is 16.6 Å². The van der Waals surface area contributed by atoms with Gasteiger partial charge in [0.05, 0.1) is 52.2 Å². The highest BCUT2D eigenvalue weighted by atomic mass is 35.5. The van der Waals surface area contributed by atoms with Gasteiger partial charge in [0.1, 0.15) is 11.6 Å². The summed E-state index contributed by atoms with van der Waals surface area (Å²) in [4.78, 5) is 54.1. The van der Waals surface area contributed by atoms with Crippen LogP contribution in [0.3, 0.4) is 0 Å². The van der Waals surface area contributed by atoms with Gasteiger partial charge in [-0.2, -0.15) is 0 Å². The van der Waals surface area contributed by atoms with Crippen LogP contribution in [0.15, 0.2) is 71.5 Å². The number of carbonyl (C=O) groups excluding carboxylic acids is 2. The third kappa shape index (κ3) is 9.35. The molecular formula is C36H44Cl2N6O4. The lowest BCUT2D eigenvalue weighted by atomic mass is 10.1. The second-order valence-corrected chi connectivity index (χ2v) is 13.0. The van der Waals surface area contributed by atoms with Crippen molar-refractivity contribution in [2.75, 3.05) is 68.0 Å². The molecule has 0 saturated carbocycles. The minimum absolute atomic E-state index is 0.0527. The number of carbonyl (C=O) groups is 2. The fourth-order valence-corrected chi connectivity index (χ4v) is 5.75. The zero-order valence-electron chi connectivity index (χ0n) is 28.5. The number of fused-ring (bicyclic) bond motifs is 1. The van der Waals surface area contributed by atoms with Gasteiger partial charge in [-0.3, -0.25) is 19.0 Å². The number of para-hydroxylation sites is 1. The zero-order chi connectivity index (χ0) is 35.0. The Morgan fingerprint density at radius 3 is 2.21 bits per heavy atom. The molecule has 0 spiro atoms. The van der Waals surface area contributed by atoms with E-state index in [1.165, 1.54) is 0 Å². The highest BCUT2D eigenvalue weighted by molar-refractivity contribution is 6.42. The standard InChI is InChI=1S/C36H44Cl2N6O4/c1-7-48-27-15-13-26(14-16-27)44-35(39-31-11-9-8-10-28(31)36(44)47)32(18-19-42(6)34(46)24-41(4)5)43(21-20-40(2)3)33(45)23-25-12-17-29(37)30(38)22-25/h8-17,22,32H,7,18-21,23-24H2,1-6H3. The number of halogens is 2. The number of benzene rings is 3. The normalized spacial score (nSPS) is 12.0. The van der Waals surface area contributed by atoms with Crippen molar-refractivity contribution in [2.45, 2.75) is 25.8 Å². The molecule has 0 radical (unpaired) electrons. The summed E-state index contributed by atoms with van der Waals surface area (Å²) in [5.41, 5.74) is 1.55. The molecule has 4 rings (SSSR count). The van der Waals surface area contributed by atoms with Crippen LogP contribution in [-0.2, 0) is 16.0 Å². The quantitative estimate of drug-likeness (QED) is 0.170. The number of nitrogens with zero attached hydrogens (tertiary/aromatic N) is 6. The summed E-state index contributed by atoms with van der Waals surface area (Å²) in [6.07, 6.45) is 0.384. The molecule has 1 unspecified atom stereocenters. The highest BCUT2D eigenvalue weighted by Crippen LogP contribution is 2.29. The maximum Gasteiger partial charge on any atom is 0.266 e. The van der Waals surface area contributed by atoms with Crippen molar-refractivity contribution >= 4 is 45.9 Å². The topological polar surface area (TPSA) is 91.2 Å². The monoisotopic (exact) mass is 694 g/mol. The molecule has 0 N–H and O–H groups in total. The lowest BCUT2D eigenvalue weighted by Gasteiger charge is -2.35. The van der Waals surface area contributed by atoms with Crippen molar-refractivity contribution in [1.82, 2.24) is 29.2 Å². The number of ether oxygens (including phenoxy) is 1. The fourth-order valence-electron chi connectivity index (χ4n) is 5.43. The number of aromatic nitrogens is 2. The number of likely N-dealkylation sites (N-methyl/N-ethyl adjacent to an activating group) is 3. The van der Waals surface area contributed by atoms with Gasteiger partial charge < -0.3 is 24.3 Å². The molecule has 3 aromatic carbocycles. The second kappa shape index (κ2) is 16.9. The van der Waals surface area contributed by atoms with Gasteiger partial charge in [-0.05, 0) is 95.6 Å². The Hall–Kier alpha value is -3.96. The van der Waals surface area contributed by atoms with Gasteiger partial charge in [-0.1, -0.05) is 41.4 Å². The summed E-state index contributed by atoms with van der Waals surface area (Å²) in [6, 6.07) is 18.9. The van der Waals surface area contributed by atoms with Gasteiger partial charge >= 0.3 is 0 Å². The smallest absolute Gasteiger partial charge is 0.266 e. The molecular weight excluding hydrogens is 651 g/mol. The van der Waals surface area contributed by atoms with Crippen molar-refractivity contribution in [3.63, 3.8) is 0 Å². The molecule has 2 amide bonds. The molecule has 1 heterocycles. The van der Waals surface area contributed by atoms with E-state index >= 15 is 0 Å². The molecule has 0 aliphatic rings. The second-order valence-electron chi connectivity index (χ2n) is 12.2. The molecule has 12 heteroatoms. The largest absolute Gasteiger partial charge is 0.494 e. The first-order valence-corrected chi connectivity index (χ1v) is 16.7. The van der Waals surface area contributed by atoms with Crippen LogP contribution in [0.2, 0.25) is 10.0 Å². The number of hydrogen-bond donors (Lipinski definition) is 0. The Morgan fingerprint density at radius 2 is 1.56 bits per heavy atom. The van der Waals surface area contributed by atoms with Crippen LogP contribution in [0, 0.1) is 0 Å². The van der Waals surface area contributed by atoms with Crippen LogP contribution in [0.5, 0.6) is 5.75 Å². The lowest BCUT2D eigenvalue weighted by molar-refractivity contribution is -0.134. The molecule has 10 nitrogen and oxygen atoms in total. The number of rotatable bonds is 15. The molecule has 1 atom stereocenters. The third-order valence-corrected chi connectivity index (χ3v) is 8.68. The van der Waals surface area contributed by atoms with Gasteiger partial charge in [0.15, 0.2) is 0 Å². The van der Waals surface area contributed by atoms with E-state index in [4.69, 9.17) is 32.9 Å². The number of hydrogen-bond acceptors (Lipinski definition) is 7. The summed E-state index contributed by atoms with van der Waals surface area (Å²) < 4.78 is 7.25. The van der Waals surface area contributed by atoms with E-state index < -0.39 is 6.04 Å². The van der Waals surface area contributed by atoms with Crippen LogP contribution < -0.4 is 10.3 Å². The Labute approximate surface area is 292 Å². The van der Waals surface area contributed by atoms with Gasteiger partial charge in [0.2, 0.25) is 11.8 Å². The highest BCUT2D eigenvalue weighted by Gasteiger charge is 2.31. The Kier molecular flexibility index (Phi) is 13.0. The Balaban J connectivity index is 1.91. The van der Waals surface area contributed by atoms with Gasteiger partial charge in [-0.15, -0.1) is 0 Å². The van der Waals surface area contributed by atoms with E-state index in [1.54, 1.807) is 57.8 Å². The first-order chi connectivity index (χ1) is 22.9. The maximum absolute atomic E-state index is 14.4. The molecule has 4 aromatic rings. The molecule has 0 saturated heterocycles. The van der Waals surface area contributed by atoms with Gasteiger partial charge in [0.25, 0.3) is 5.56 Å². The van der Waals surface area contributed by atoms with Crippen LogP contribution >= 0.6 is 23.2 Å². The van der Waals surface area contributed by atoms with Gasteiger partial charge in [-0.25, -0.2) is 4.98 Å². The van der Waals surface area contributed by atoms with E-state index in [1.807, 2.05) is 75.2 Å². The SMILES string of the molecule is CCOc1ccc(-n2c(C(CCN(C)C(=O)CN(C)C)N(CCN(C)C)C(=O)Cc3ccc(Cl)c(Cl)c3)nc3ccccc3c2=O)cc1. The molecule has 0 aliphatic carbocycles. The summed E-state index contributed by atoms with van der Waals surface area (Å²) >= 11 is 12.5. The summed E-state index contributed by atoms with van der Waals surface area (Å²) in [5, 5.41) is 1.22. The molecule has 0 bridgehead atoms.